The minimum atomic E-state index is -4.65. The highest BCUT2D eigenvalue weighted by Gasteiger charge is 2.36. The number of hydrogen-bond acceptors (Lipinski definition) is 3. The molecule has 0 aliphatic carbocycles. The summed E-state index contributed by atoms with van der Waals surface area (Å²) in [6.45, 7) is 0. The van der Waals surface area contributed by atoms with Crippen LogP contribution in [0.2, 0.25) is 0 Å². The molecule has 0 spiro atoms. The number of nitriles is 1. The van der Waals surface area contributed by atoms with E-state index in [0.29, 0.717) is 5.56 Å². The molecule has 0 amide bonds. The Morgan fingerprint density at radius 2 is 1.52 bits per heavy atom. The summed E-state index contributed by atoms with van der Waals surface area (Å²) in [5, 5.41) is 8.85. The molecule has 2 aromatic carbocycles. The summed E-state index contributed by atoms with van der Waals surface area (Å²) < 4.78 is 45.1. The van der Waals surface area contributed by atoms with Crippen LogP contribution in [0.1, 0.15) is 27.9 Å². The van der Waals surface area contributed by atoms with E-state index in [2.05, 4.69) is 4.74 Å². The first-order valence-electron chi connectivity index (χ1n) is 7.30. The van der Waals surface area contributed by atoms with Crippen molar-refractivity contribution in [2.45, 2.75) is 12.6 Å². The normalized spacial score (nSPS) is 12.1. The van der Waals surface area contributed by atoms with Gasteiger partial charge in [-0.2, -0.15) is 18.4 Å². The Bertz CT molecular complexity index is 816. The Labute approximate surface area is 143 Å². The number of nitrogens with zero attached hydrogens (tertiary/aromatic N) is 1. The smallest absolute Gasteiger partial charge is 0.414 e. The zero-order valence-electron chi connectivity index (χ0n) is 13.3. The summed E-state index contributed by atoms with van der Waals surface area (Å²) in [5.74, 6) is -0.579. The van der Waals surface area contributed by atoms with Crippen LogP contribution in [0, 0.1) is 11.3 Å². The number of ether oxygens (including phenoxy) is 1. The highest BCUT2D eigenvalue weighted by atomic mass is 19.4. The Morgan fingerprint density at radius 1 is 1.00 bits per heavy atom. The molecule has 0 radical (unpaired) electrons. The van der Waals surface area contributed by atoms with Gasteiger partial charge in [-0.25, -0.2) is 4.79 Å². The van der Waals surface area contributed by atoms with Crippen LogP contribution in [0.3, 0.4) is 0 Å². The van der Waals surface area contributed by atoms with E-state index in [9.17, 15) is 18.0 Å². The molecule has 0 fully saturated rings. The number of carbonyl (C=O) groups excluding carboxylic acids is 1. The summed E-state index contributed by atoms with van der Waals surface area (Å²) >= 11 is 0. The molecule has 0 unspecified atom stereocenters. The quantitative estimate of drug-likeness (QED) is 0.751. The molecule has 25 heavy (non-hydrogen) atoms. The van der Waals surface area contributed by atoms with Crippen LogP contribution < -0.4 is 0 Å². The van der Waals surface area contributed by atoms with Gasteiger partial charge in [0.25, 0.3) is 0 Å². The third-order valence-electron chi connectivity index (χ3n) is 3.56. The number of alkyl halides is 3. The van der Waals surface area contributed by atoms with Crippen molar-refractivity contribution in [3.05, 3.63) is 76.9 Å². The fourth-order valence-corrected chi connectivity index (χ4v) is 2.42. The van der Waals surface area contributed by atoms with Crippen LogP contribution in [0.15, 0.2) is 60.2 Å². The van der Waals surface area contributed by atoms with E-state index >= 15 is 0 Å². The average molecular weight is 345 g/mol. The third-order valence-corrected chi connectivity index (χ3v) is 3.56. The monoisotopic (exact) mass is 345 g/mol. The van der Waals surface area contributed by atoms with Crippen molar-refractivity contribution in [3.63, 3.8) is 0 Å². The summed E-state index contributed by atoms with van der Waals surface area (Å²) in [5.41, 5.74) is -0.164. The van der Waals surface area contributed by atoms with Crippen molar-refractivity contribution >= 4 is 11.5 Å². The molecule has 0 heterocycles. The molecular weight excluding hydrogens is 331 g/mol. The van der Waals surface area contributed by atoms with Gasteiger partial charge >= 0.3 is 12.1 Å². The van der Waals surface area contributed by atoms with Gasteiger partial charge in [-0.15, -0.1) is 0 Å². The van der Waals surface area contributed by atoms with Gasteiger partial charge in [0, 0.05) is 0 Å². The van der Waals surface area contributed by atoms with E-state index in [-0.39, 0.29) is 16.7 Å². The lowest BCUT2D eigenvalue weighted by Gasteiger charge is -2.17. The van der Waals surface area contributed by atoms with E-state index in [1.165, 1.54) is 31.4 Å². The third kappa shape index (κ3) is 4.27. The van der Waals surface area contributed by atoms with Crippen LogP contribution in [0.25, 0.3) is 5.57 Å². The molecular formula is C19H14F3NO2. The number of carbonyl (C=O) groups is 1. The molecule has 2 aromatic rings. The Kier molecular flexibility index (Phi) is 5.60. The Morgan fingerprint density at radius 3 is 2.00 bits per heavy atom. The van der Waals surface area contributed by atoms with Gasteiger partial charge in [-0.3, -0.25) is 0 Å². The first-order chi connectivity index (χ1) is 11.9. The minimum Gasteiger partial charge on any atom is -0.465 e. The second-order valence-corrected chi connectivity index (χ2v) is 5.12. The fraction of sp³-hybridized carbons (Fsp3) is 0.158. The molecule has 0 aliphatic heterocycles. The number of allylic oxidation sites excluding steroid dienone is 1. The summed E-state index contributed by atoms with van der Waals surface area (Å²) in [4.78, 5) is 11.5. The van der Waals surface area contributed by atoms with Crippen molar-refractivity contribution in [2.24, 2.45) is 0 Å². The van der Waals surface area contributed by atoms with Crippen LogP contribution in [0.4, 0.5) is 13.2 Å². The van der Waals surface area contributed by atoms with E-state index in [1.807, 2.05) is 0 Å². The topological polar surface area (TPSA) is 50.1 Å². The number of rotatable bonds is 4. The van der Waals surface area contributed by atoms with E-state index < -0.39 is 24.1 Å². The van der Waals surface area contributed by atoms with Crippen molar-refractivity contribution in [2.75, 3.05) is 7.11 Å². The molecule has 3 nitrogen and oxygen atoms in total. The van der Waals surface area contributed by atoms with E-state index in [4.69, 9.17) is 5.26 Å². The number of methoxy groups -OCH3 is 1. The maximum atomic E-state index is 13.5. The fourth-order valence-electron chi connectivity index (χ4n) is 2.42. The number of benzene rings is 2. The number of hydrogen-bond donors (Lipinski definition) is 0. The summed E-state index contributed by atoms with van der Waals surface area (Å²) in [6, 6.07) is 15.2. The van der Waals surface area contributed by atoms with Gasteiger partial charge in [-0.1, -0.05) is 42.5 Å². The summed E-state index contributed by atoms with van der Waals surface area (Å²) in [6.07, 6.45) is -5.42. The van der Waals surface area contributed by atoms with Gasteiger partial charge in [0.05, 0.1) is 30.7 Å². The van der Waals surface area contributed by atoms with Crippen molar-refractivity contribution in [1.29, 1.82) is 5.26 Å². The average Bonchev–Trinajstić information content (AvgIpc) is 2.61. The molecule has 0 bridgehead atoms. The second-order valence-electron chi connectivity index (χ2n) is 5.12. The second kappa shape index (κ2) is 7.67. The van der Waals surface area contributed by atoms with E-state index in [0.717, 1.165) is 0 Å². The molecule has 6 heteroatoms. The molecule has 0 aromatic heterocycles. The molecule has 128 valence electrons. The first kappa shape index (κ1) is 18.3. The SMILES string of the molecule is COC(=O)c1ccc(/C(=C(\CC#N)C(F)(F)F)c2ccccc2)cc1. The van der Waals surface area contributed by atoms with Crippen LogP contribution >= 0.6 is 0 Å². The lowest BCUT2D eigenvalue weighted by molar-refractivity contribution is -0.0921. The molecule has 2 rings (SSSR count). The number of halogens is 3. The Balaban J connectivity index is 2.68. The van der Waals surface area contributed by atoms with Gasteiger partial charge < -0.3 is 4.74 Å². The predicted molar refractivity (Wildman–Crippen MR) is 86.5 cm³/mol. The van der Waals surface area contributed by atoms with Crippen molar-refractivity contribution < 1.29 is 22.7 Å². The zero-order chi connectivity index (χ0) is 18.4. The maximum Gasteiger partial charge on any atom is 0.414 e. The van der Waals surface area contributed by atoms with Gasteiger partial charge in [0.1, 0.15) is 0 Å². The highest BCUT2D eigenvalue weighted by Crippen LogP contribution is 2.38. The predicted octanol–water partition coefficient (Wildman–Crippen LogP) is 4.75. The van der Waals surface area contributed by atoms with Crippen molar-refractivity contribution in [1.82, 2.24) is 0 Å². The standard InChI is InChI=1S/C19H14F3NO2/c1-25-18(24)15-9-7-14(8-10-15)17(13-5-3-2-4-6-13)16(11-12-23)19(20,21)22/h2-10H,11H2,1H3/b17-16+. The molecule has 0 atom stereocenters. The van der Waals surface area contributed by atoms with Crippen LogP contribution in [-0.4, -0.2) is 19.3 Å². The van der Waals surface area contributed by atoms with Gasteiger partial charge in [-0.05, 0) is 28.8 Å². The van der Waals surface area contributed by atoms with Crippen LogP contribution in [0.5, 0.6) is 0 Å². The first-order valence-corrected chi connectivity index (χ1v) is 7.30. The molecule has 0 N–H and O–H groups in total. The largest absolute Gasteiger partial charge is 0.465 e. The summed E-state index contributed by atoms with van der Waals surface area (Å²) in [7, 11) is 1.22. The number of esters is 1. The molecule has 0 saturated heterocycles. The van der Waals surface area contributed by atoms with Gasteiger partial charge in [0.2, 0.25) is 0 Å². The lowest BCUT2D eigenvalue weighted by Crippen LogP contribution is -2.14. The lowest BCUT2D eigenvalue weighted by atomic mass is 9.91. The highest BCUT2D eigenvalue weighted by molar-refractivity contribution is 5.90. The van der Waals surface area contributed by atoms with Gasteiger partial charge in [0.15, 0.2) is 0 Å². The van der Waals surface area contributed by atoms with Crippen molar-refractivity contribution in [3.8, 4) is 6.07 Å². The zero-order valence-corrected chi connectivity index (χ0v) is 13.3. The van der Waals surface area contributed by atoms with E-state index in [1.54, 1.807) is 36.4 Å². The Hall–Kier alpha value is -3.07. The molecule has 0 saturated carbocycles. The molecule has 0 aliphatic rings. The van der Waals surface area contributed by atoms with Crippen LogP contribution in [-0.2, 0) is 4.74 Å². The maximum absolute atomic E-state index is 13.5. The minimum absolute atomic E-state index is 0.0777.